The van der Waals surface area contributed by atoms with Gasteiger partial charge in [-0.15, -0.1) is 0 Å². The van der Waals surface area contributed by atoms with E-state index in [4.69, 9.17) is 11.6 Å². The largest absolute Gasteiger partial charge is 0.365 e. The molecule has 0 aliphatic heterocycles. The van der Waals surface area contributed by atoms with Crippen molar-refractivity contribution in [2.45, 2.75) is 38.8 Å². The Labute approximate surface area is 169 Å². The number of hydrogen-bond acceptors (Lipinski definition) is 4. The second-order valence-corrected chi connectivity index (χ2v) is 8.13. The van der Waals surface area contributed by atoms with E-state index in [0.717, 1.165) is 16.9 Å². The molecule has 0 unspecified atom stereocenters. The first-order valence-corrected chi connectivity index (χ1v) is 10.1. The summed E-state index contributed by atoms with van der Waals surface area (Å²) in [6.45, 7) is 2.67. The van der Waals surface area contributed by atoms with Crippen LogP contribution in [-0.4, -0.2) is 25.6 Å². The van der Waals surface area contributed by atoms with Gasteiger partial charge in [0.1, 0.15) is 11.3 Å². The average Bonchev–Trinajstić information content (AvgIpc) is 2.92. The number of benzene rings is 1. The summed E-state index contributed by atoms with van der Waals surface area (Å²) in [7, 11) is 0. The van der Waals surface area contributed by atoms with E-state index in [1.165, 1.54) is 25.3 Å². The highest BCUT2D eigenvalue weighted by molar-refractivity contribution is 14.1. The molecule has 0 spiro atoms. The van der Waals surface area contributed by atoms with E-state index >= 15 is 0 Å². The third-order valence-electron chi connectivity index (χ3n) is 5.00. The first-order valence-electron chi connectivity index (χ1n) is 8.60. The maximum Gasteiger partial charge on any atom is 0.194 e. The molecule has 1 aliphatic carbocycles. The van der Waals surface area contributed by atoms with Crippen LogP contribution < -0.4 is 5.32 Å². The molecule has 3 aromatic rings. The van der Waals surface area contributed by atoms with E-state index < -0.39 is 5.82 Å². The molecule has 1 atom stereocenters. The Morgan fingerprint density at radius 2 is 2.19 bits per heavy atom. The number of nitrogens with one attached hydrogen (secondary N) is 1. The van der Waals surface area contributed by atoms with Gasteiger partial charge in [0.15, 0.2) is 15.3 Å². The molecule has 1 aliphatic rings. The van der Waals surface area contributed by atoms with E-state index in [9.17, 15) is 4.39 Å². The fourth-order valence-electron chi connectivity index (χ4n) is 3.28. The van der Waals surface area contributed by atoms with Crippen LogP contribution in [0.15, 0.2) is 24.5 Å². The van der Waals surface area contributed by atoms with Crippen molar-refractivity contribution in [1.82, 2.24) is 19.5 Å². The second-order valence-electron chi connectivity index (χ2n) is 6.76. The number of nitrogens with zero attached hydrogens (tertiary/aromatic N) is 4. The molecule has 0 radical (unpaired) electrons. The minimum Gasteiger partial charge on any atom is -0.365 e. The molecule has 26 heavy (non-hydrogen) atoms. The van der Waals surface area contributed by atoms with Gasteiger partial charge in [-0.05, 0) is 43.4 Å². The molecule has 1 saturated carbocycles. The van der Waals surface area contributed by atoms with Gasteiger partial charge in [0.25, 0.3) is 0 Å². The lowest BCUT2D eigenvalue weighted by molar-refractivity contribution is 0.285. The number of hydrogen-bond donors (Lipinski definition) is 1. The van der Waals surface area contributed by atoms with Crippen molar-refractivity contribution >= 4 is 51.2 Å². The lowest BCUT2D eigenvalue weighted by atomic mass is 9.80. The molecular formula is C18H18ClFIN5. The second kappa shape index (κ2) is 7.26. The highest BCUT2D eigenvalue weighted by Gasteiger charge is 2.25. The molecule has 5 nitrogen and oxygen atoms in total. The third-order valence-corrected chi connectivity index (χ3v) is 5.79. The Morgan fingerprint density at radius 1 is 1.38 bits per heavy atom. The molecule has 0 amide bonds. The monoisotopic (exact) mass is 485 g/mol. The maximum atomic E-state index is 13.8. The first kappa shape index (κ1) is 17.9. The standard InChI is InChI=1S/C18H18ClFIN5/c1-10(12-3-2-4-12)23-17-15-16(24-18(21)25-17)22-9-26(15)8-11-5-6-13(19)14(20)7-11/h5-7,9-10,12H,2-4,8H2,1H3,(H,23,24,25)/t10-/m1/s1. The highest BCUT2D eigenvalue weighted by Crippen LogP contribution is 2.32. The molecule has 1 N–H and O–H groups in total. The summed E-state index contributed by atoms with van der Waals surface area (Å²) in [6, 6.07) is 5.18. The van der Waals surface area contributed by atoms with E-state index in [1.54, 1.807) is 12.4 Å². The normalized spacial score (nSPS) is 15.8. The van der Waals surface area contributed by atoms with E-state index in [2.05, 4.69) is 49.8 Å². The predicted octanol–water partition coefficient (Wildman–Crippen LogP) is 4.87. The van der Waals surface area contributed by atoms with Gasteiger partial charge in [-0.1, -0.05) is 24.1 Å². The summed E-state index contributed by atoms with van der Waals surface area (Å²) in [4.78, 5) is 13.4. The van der Waals surface area contributed by atoms with Crippen molar-refractivity contribution in [3.8, 4) is 0 Å². The van der Waals surface area contributed by atoms with Crippen LogP contribution >= 0.6 is 34.2 Å². The van der Waals surface area contributed by atoms with Gasteiger partial charge < -0.3 is 9.88 Å². The average molecular weight is 486 g/mol. The van der Waals surface area contributed by atoms with Crippen LogP contribution in [0.1, 0.15) is 31.7 Å². The number of halogens is 3. The molecule has 0 saturated heterocycles. The number of rotatable bonds is 5. The van der Waals surface area contributed by atoms with Gasteiger partial charge in [-0.3, -0.25) is 0 Å². The van der Waals surface area contributed by atoms with Crippen molar-refractivity contribution in [3.63, 3.8) is 0 Å². The zero-order chi connectivity index (χ0) is 18.3. The fraction of sp³-hybridized carbons (Fsp3) is 0.389. The summed E-state index contributed by atoms with van der Waals surface area (Å²) in [5.74, 6) is 1.04. The van der Waals surface area contributed by atoms with Crippen molar-refractivity contribution < 1.29 is 4.39 Å². The Hall–Kier alpha value is -1.48. The molecule has 1 fully saturated rings. The molecule has 2 heterocycles. The quantitative estimate of drug-likeness (QED) is 0.414. The lowest BCUT2D eigenvalue weighted by Crippen LogP contribution is -2.31. The Kier molecular flexibility index (Phi) is 5.00. The van der Waals surface area contributed by atoms with Crippen molar-refractivity contribution in [1.29, 1.82) is 0 Å². The van der Waals surface area contributed by atoms with Crippen molar-refractivity contribution in [2.75, 3.05) is 5.32 Å². The lowest BCUT2D eigenvalue weighted by Gasteiger charge is -2.32. The van der Waals surface area contributed by atoms with Crippen LogP contribution in [0.4, 0.5) is 10.2 Å². The van der Waals surface area contributed by atoms with Crippen LogP contribution in [0.3, 0.4) is 0 Å². The van der Waals surface area contributed by atoms with E-state index in [1.807, 2.05) is 10.6 Å². The number of fused-ring (bicyclic) bond motifs is 1. The highest BCUT2D eigenvalue weighted by atomic mass is 127. The maximum absolute atomic E-state index is 13.8. The molecule has 4 rings (SSSR count). The Bertz CT molecular complexity index is 956. The molecule has 1 aromatic carbocycles. The minimum atomic E-state index is -0.420. The summed E-state index contributed by atoms with van der Waals surface area (Å²) in [6.07, 6.45) is 5.53. The predicted molar refractivity (Wildman–Crippen MR) is 109 cm³/mol. The third kappa shape index (κ3) is 3.51. The van der Waals surface area contributed by atoms with E-state index in [0.29, 0.717) is 28.0 Å². The number of anilines is 1. The van der Waals surface area contributed by atoms with Gasteiger partial charge in [-0.2, -0.15) is 0 Å². The van der Waals surface area contributed by atoms with Gasteiger partial charge in [0.2, 0.25) is 0 Å². The zero-order valence-corrected chi connectivity index (χ0v) is 17.1. The SMILES string of the molecule is C[C@@H](Nc1nc(I)nc2ncn(Cc3ccc(Cl)c(F)c3)c12)C1CCC1. The molecule has 2 aromatic heterocycles. The van der Waals surface area contributed by atoms with Gasteiger partial charge >= 0.3 is 0 Å². The summed E-state index contributed by atoms with van der Waals surface area (Å²) in [5, 5.41) is 3.67. The number of aromatic nitrogens is 4. The number of imidazole rings is 1. The van der Waals surface area contributed by atoms with Crippen LogP contribution in [0, 0.1) is 15.6 Å². The molecular weight excluding hydrogens is 468 g/mol. The molecule has 136 valence electrons. The van der Waals surface area contributed by atoms with Gasteiger partial charge in [-0.25, -0.2) is 19.3 Å². The topological polar surface area (TPSA) is 55.6 Å². The zero-order valence-electron chi connectivity index (χ0n) is 14.2. The van der Waals surface area contributed by atoms with Crippen LogP contribution in [-0.2, 0) is 6.54 Å². The minimum absolute atomic E-state index is 0.124. The molecule has 0 bridgehead atoms. The van der Waals surface area contributed by atoms with Gasteiger partial charge in [0.05, 0.1) is 11.3 Å². The Balaban J connectivity index is 1.69. The smallest absolute Gasteiger partial charge is 0.194 e. The van der Waals surface area contributed by atoms with Gasteiger partial charge in [0, 0.05) is 35.2 Å². The summed E-state index contributed by atoms with van der Waals surface area (Å²) < 4.78 is 16.4. The van der Waals surface area contributed by atoms with Crippen LogP contribution in [0.5, 0.6) is 0 Å². The first-order chi connectivity index (χ1) is 12.5. The summed E-state index contributed by atoms with van der Waals surface area (Å²) >= 11 is 7.89. The van der Waals surface area contributed by atoms with Crippen LogP contribution in [0.2, 0.25) is 5.02 Å². The van der Waals surface area contributed by atoms with E-state index in [-0.39, 0.29) is 5.02 Å². The molecule has 8 heteroatoms. The fourth-order valence-corrected chi connectivity index (χ4v) is 3.87. The Morgan fingerprint density at radius 3 is 2.88 bits per heavy atom. The van der Waals surface area contributed by atoms with Crippen molar-refractivity contribution in [2.24, 2.45) is 5.92 Å². The van der Waals surface area contributed by atoms with Crippen molar-refractivity contribution in [3.05, 3.63) is 44.8 Å². The van der Waals surface area contributed by atoms with Crippen LogP contribution in [0.25, 0.3) is 11.2 Å². The summed E-state index contributed by atoms with van der Waals surface area (Å²) in [5.41, 5.74) is 2.29.